The molecular formula is C4H9N3. The van der Waals surface area contributed by atoms with Gasteiger partial charge in [0.1, 0.15) is 0 Å². The van der Waals surface area contributed by atoms with Crippen molar-refractivity contribution in [1.82, 2.24) is 0 Å². The highest BCUT2D eigenvalue weighted by Gasteiger charge is 1.66. The van der Waals surface area contributed by atoms with Gasteiger partial charge >= 0.3 is 0 Å². The molecule has 0 radical (unpaired) electrons. The maximum atomic E-state index is 5.19. The fourth-order valence-corrected chi connectivity index (χ4v) is 0.161. The van der Waals surface area contributed by atoms with Crippen LogP contribution in [0.2, 0.25) is 0 Å². The van der Waals surface area contributed by atoms with Gasteiger partial charge in [0.15, 0.2) is 0 Å². The lowest BCUT2D eigenvalue weighted by Crippen LogP contribution is -1.90. The van der Waals surface area contributed by atoms with Crippen LogP contribution in [0.3, 0.4) is 0 Å². The lowest BCUT2D eigenvalue weighted by Gasteiger charge is -1.79. The Morgan fingerprint density at radius 1 is 1.71 bits per heavy atom. The van der Waals surface area contributed by atoms with Gasteiger partial charge in [-0.15, -0.1) is 0 Å². The van der Waals surface area contributed by atoms with Crippen LogP contribution in [0.25, 0.3) is 0 Å². The van der Waals surface area contributed by atoms with Crippen LogP contribution < -0.4 is 11.6 Å². The third-order valence-electron chi connectivity index (χ3n) is 0.423. The Kier molecular flexibility index (Phi) is 2.76. The van der Waals surface area contributed by atoms with Crippen LogP contribution in [0.4, 0.5) is 0 Å². The Morgan fingerprint density at radius 2 is 2.29 bits per heavy atom. The van der Waals surface area contributed by atoms with E-state index in [9.17, 15) is 0 Å². The van der Waals surface area contributed by atoms with E-state index >= 15 is 0 Å². The fraction of sp³-hybridized carbons (Fsp3) is 0.250. The highest BCUT2D eigenvalue weighted by atomic mass is 15.1. The first kappa shape index (κ1) is 6.01. The summed E-state index contributed by atoms with van der Waals surface area (Å²) in [6, 6.07) is 0. The maximum absolute atomic E-state index is 5.19. The third-order valence-corrected chi connectivity index (χ3v) is 0.423. The summed E-state index contributed by atoms with van der Waals surface area (Å²) in [5, 5.41) is 3.19. The number of hydrogen-bond acceptors (Lipinski definition) is 3. The Labute approximate surface area is 42.7 Å². The zero-order valence-electron chi connectivity index (χ0n) is 4.26. The zero-order valence-corrected chi connectivity index (χ0v) is 4.26. The fourth-order valence-electron chi connectivity index (χ4n) is 0.161. The van der Waals surface area contributed by atoms with Crippen molar-refractivity contribution >= 4 is 6.21 Å². The summed E-state index contributed by atoms with van der Waals surface area (Å²) < 4.78 is 0. The molecule has 0 aromatic carbocycles. The average Bonchev–Trinajstić information content (AvgIpc) is 1.61. The third kappa shape index (κ3) is 5.01. The van der Waals surface area contributed by atoms with Gasteiger partial charge in [-0.05, 0) is 13.0 Å². The number of hydrazone groups is 1. The van der Waals surface area contributed by atoms with Crippen molar-refractivity contribution in [3.63, 3.8) is 0 Å². The largest absolute Gasteiger partial charge is 0.402 e. The van der Waals surface area contributed by atoms with Gasteiger partial charge < -0.3 is 11.6 Å². The number of rotatable bonds is 1. The van der Waals surface area contributed by atoms with Crippen molar-refractivity contribution < 1.29 is 0 Å². The normalized spacial score (nSPS) is 13.0. The van der Waals surface area contributed by atoms with Gasteiger partial charge in [-0.3, -0.25) is 0 Å². The van der Waals surface area contributed by atoms with Gasteiger partial charge in [0.25, 0.3) is 0 Å². The molecule has 3 nitrogen and oxygen atoms in total. The predicted octanol–water partition coefficient (Wildman–Crippen LogP) is -0.207. The molecule has 0 fully saturated rings. The number of allylic oxidation sites excluding steroid dienone is 2. The standard InChI is InChI=1S/C4H9N3/c1-4(5)2-3-7-6/h2-3H,5-6H2,1H3/b4-2-,7-3+. The van der Waals surface area contributed by atoms with E-state index in [0.29, 0.717) is 5.70 Å². The number of nitrogens with zero attached hydrogens (tertiary/aromatic N) is 1. The van der Waals surface area contributed by atoms with Crippen LogP contribution in [-0.4, -0.2) is 6.21 Å². The molecule has 0 aliphatic heterocycles. The molecule has 0 atom stereocenters. The molecule has 0 saturated heterocycles. The summed E-state index contributed by atoms with van der Waals surface area (Å²) in [7, 11) is 0. The van der Waals surface area contributed by atoms with E-state index in [-0.39, 0.29) is 0 Å². The SMILES string of the molecule is C/C(N)=C/C=N/N. The van der Waals surface area contributed by atoms with Crippen molar-refractivity contribution in [1.29, 1.82) is 0 Å². The van der Waals surface area contributed by atoms with Crippen molar-refractivity contribution in [2.45, 2.75) is 6.92 Å². The summed E-state index contributed by atoms with van der Waals surface area (Å²) in [5.41, 5.74) is 5.90. The Morgan fingerprint density at radius 3 is 2.43 bits per heavy atom. The first-order chi connectivity index (χ1) is 3.27. The van der Waals surface area contributed by atoms with Gasteiger partial charge in [0.05, 0.1) is 0 Å². The van der Waals surface area contributed by atoms with E-state index in [1.54, 1.807) is 13.0 Å². The van der Waals surface area contributed by atoms with Crippen molar-refractivity contribution in [2.24, 2.45) is 16.7 Å². The molecule has 3 heteroatoms. The van der Waals surface area contributed by atoms with Gasteiger partial charge in [0, 0.05) is 11.9 Å². The lowest BCUT2D eigenvalue weighted by atomic mass is 10.5. The van der Waals surface area contributed by atoms with Gasteiger partial charge in [-0.2, -0.15) is 5.10 Å². The van der Waals surface area contributed by atoms with Gasteiger partial charge in [-0.1, -0.05) is 0 Å². The molecular weight excluding hydrogens is 90.1 g/mol. The lowest BCUT2D eigenvalue weighted by molar-refractivity contribution is 1.26. The van der Waals surface area contributed by atoms with Crippen LogP contribution >= 0.6 is 0 Å². The molecule has 0 spiro atoms. The predicted molar refractivity (Wildman–Crippen MR) is 30.6 cm³/mol. The minimum Gasteiger partial charge on any atom is -0.402 e. The molecule has 7 heavy (non-hydrogen) atoms. The van der Waals surface area contributed by atoms with Crippen LogP contribution in [-0.2, 0) is 0 Å². The quantitative estimate of drug-likeness (QED) is 0.271. The van der Waals surface area contributed by atoms with E-state index < -0.39 is 0 Å². The Bertz CT molecular complexity index is 89.1. The van der Waals surface area contributed by atoms with Crippen molar-refractivity contribution in [2.75, 3.05) is 0 Å². The second kappa shape index (κ2) is 3.21. The second-order valence-electron chi connectivity index (χ2n) is 1.21. The van der Waals surface area contributed by atoms with E-state index in [2.05, 4.69) is 5.10 Å². The van der Waals surface area contributed by atoms with Crippen LogP contribution in [0.15, 0.2) is 16.9 Å². The average molecular weight is 99.1 g/mol. The molecule has 0 rings (SSSR count). The summed E-state index contributed by atoms with van der Waals surface area (Å²) in [6.45, 7) is 1.77. The van der Waals surface area contributed by atoms with Crippen LogP contribution in [0.5, 0.6) is 0 Å². The van der Waals surface area contributed by atoms with Crippen LogP contribution in [0.1, 0.15) is 6.92 Å². The number of hydrogen-bond donors (Lipinski definition) is 2. The van der Waals surface area contributed by atoms with Gasteiger partial charge in [0.2, 0.25) is 0 Å². The highest BCUT2D eigenvalue weighted by Crippen LogP contribution is 1.71. The molecule has 0 heterocycles. The molecule has 0 aromatic heterocycles. The molecule has 0 saturated carbocycles. The zero-order chi connectivity index (χ0) is 5.70. The molecule has 0 aromatic rings. The molecule has 0 amide bonds. The first-order valence-corrected chi connectivity index (χ1v) is 1.93. The summed E-state index contributed by atoms with van der Waals surface area (Å²) in [6.07, 6.45) is 3.06. The van der Waals surface area contributed by atoms with Crippen molar-refractivity contribution in [3.8, 4) is 0 Å². The minimum absolute atomic E-state index is 0.703. The van der Waals surface area contributed by atoms with E-state index in [4.69, 9.17) is 11.6 Å². The van der Waals surface area contributed by atoms with Crippen LogP contribution in [0, 0.1) is 0 Å². The smallest absolute Gasteiger partial charge is 0.0482 e. The Balaban J connectivity index is 3.46. The molecule has 4 N–H and O–H groups in total. The summed E-state index contributed by atoms with van der Waals surface area (Å²) in [5.74, 6) is 4.75. The van der Waals surface area contributed by atoms with E-state index in [1.807, 2.05) is 0 Å². The van der Waals surface area contributed by atoms with Gasteiger partial charge in [-0.25, -0.2) is 0 Å². The molecule has 0 bridgehead atoms. The summed E-state index contributed by atoms with van der Waals surface area (Å²) >= 11 is 0. The Hall–Kier alpha value is -0.990. The molecule has 0 aliphatic carbocycles. The monoisotopic (exact) mass is 99.1 g/mol. The minimum atomic E-state index is 0.703. The maximum Gasteiger partial charge on any atom is 0.0482 e. The molecule has 0 aliphatic rings. The van der Waals surface area contributed by atoms with E-state index in [0.717, 1.165) is 0 Å². The first-order valence-electron chi connectivity index (χ1n) is 1.93. The van der Waals surface area contributed by atoms with E-state index in [1.165, 1.54) is 6.21 Å². The molecule has 0 unspecified atom stereocenters. The second-order valence-corrected chi connectivity index (χ2v) is 1.21. The highest BCUT2D eigenvalue weighted by molar-refractivity contribution is 5.71. The summed E-state index contributed by atoms with van der Waals surface area (Å²) in [4.78, 5) is 0. The topological polar surface area (TPSA) is 64.4 Å². The van der Waals surface area contributed by atoms with Crippen molar-refractivity contribution in [3.05, 3.63) is 11.8 Å². The number of nitrogens with two attached hydrogens (primary N) is 2. The molecule has 40 valence electrons.